The van der Waals surface area contributed by atoms with Gasteiger partial charge in [0.2, 0.25) is 23.6 Å². The van der Waals surface area contributed by atoms with Crippen LogP contribution in [-0.4, -0.2) is 23.6 Å². The van der Waals surface area contributed by atoms with E-state index in [0.29, 0.717) is 17.8 Å². The van der Waals surface area contributed by atoms with Crippen LogP contribution in [0.5, 0.6) is 0 Å². The lowest BCUT2D eigenvalue weighted by Gasteiger charge is -2.51. The Morgan fingerprint density at radius 2 is 1.02 bits per heavy atom. The van der Waals surface area contributed by atoms with Gasteiger partial charge in [-0.25, -0.2) is 4.90 Å². The van der Waals surface area contributed by atoms with Gasteiger partial charge < -0.3 is 0 Å². The topological polar surface area (TPSA) is 74.8 Å². The normalized spacial score (nSPS) is 28.9. The minimum atomic E-state index is -0.609. The summed E-state index contributed by atoms with van der Waals surface area (Å²) >= 11 is 0. The Morgan fingerprint density at radius 1 is 0.479 bits per heavy atom. The van der Waals surface area contributed by atoms with E-state index in [-0.39, 0.29) is 41.4 Å². The van der Waals surface area contributed by atoms with Crippen molar-refractivity contribution in [3.05, 3.63) is 139 Å². The predicted molar refractivity (Wildman–Crippen MR) is 184 cm³/mol. The molecule has 0 N–H and O–H groups in total. The molecule has 2 saturated heterocycles. The van der Waals surface area contributed by atoms with E-state index in [1.54, 1.807) is 0 Å². The van der Waals surface area contributed by atoms with Crippen molar-refractivity contribution in [2.75, 3.05) is 9.80 Å². The van der Waals surface area contributed by atoms with Crippen molar-refractivity contribution in [1.29, 1.82) is 0 Å². The standard InChI is InChI=1S/C42H30N2O4/c45-39-33-22-32(25-10-2-1-3-11-25)34-30-18-19-31(35(34)38(33)42(48)43(39)28-16-14-23-8-4-6-12-26(23)20-28)37-36(30)40(46)44(41(37)47)29-17-15-24-9-5-7-13-27(24)21-29/h1-21,30-31,33,35-38H,22H2/t30-,31+,33+,35-,36+,37-,38+/m0/s1. The fourth-order valence-electron chi connectivity index (χ4n) is 9.66. The fourth-order valence-corrected chi connectivity index (χ4v) is 9.66. The number of benzene rings is 5. The van der Waals surface area contributed by atoms with Gasteiger partial charge in [-0.3, -0.25) is 24.1 Å². The zero-order chi connectivity index (χ0) is 32.3. The van der Waals surface area contributed by atoms with E-state index in [2.05, 4.69) is 24.3 Å². The Morgan fingerprint density at radius 3 is 1.67 bits per heavy atom. The number of carbonyl (C=O) groups excluding carboxylic acids is 4. The third kappa shape index (κ3) is 3.63. The van der Waals surface area contributed by atoms with Crippen LogP contribution in [0.1, 0.15) is 12.0 Å². The molecule has 3 fully saturated rings. The van der Waals surface area contributed by atoms with E-state index in [1.165, 1.54) is 9.80 Å². The monoisotopic (exact) mass is 626 g/mol. The van der Waals surface area contributed by atoms with Gasteiger partial charge in [-0.05, 0) is 69.3 Å². The summed E-state index contributed by atoms with van der Waals surface area (Å²) < 4.78 is 0. The number of rotatable bonds is 3. The lowest BCUT2D eigenvalue weighted by molar-refractivity contribution is -0.129. The highest BCUT2D eigenvalue weighted by molar-refractivity contribution is 6.25. The molecule has 2 heterocycles. The van der Waals surface area contributed by atoms with Crippen molar-refractivity contribution in [3.63, 3.8) is 0 Å². The number of hydrogen-bond acceptors (Lipinski definition) is 4. The molecule has 1 saturated carbocycles. The number of hydrogen-bond donors (Lipinski definition) is 0. The number of carbonyl (C=O) groups is 4. The first-order valence-corrected chi connectivity index (χ1v) is 16.7. The zero-order valence-corrected chi connectivity index (χ0v) is 25.9. The highest BCUT2D eigenvalue weighted by atomic mass is 16.2. The molecule has 2 bridgehead atoms. The third-order valence-electron chi connectivity index (χ3n) is 11.6. The number of amides is 4. The van der Waals surface area contributed by atoms with Gasteiger partial charge in [0.05, 0.1) is 35.0 Å². The highest BCUT2D eigenvalue weighted by Crippen LogP contribution is 2.63. The summed E-state index contributed by atoms with van der Waals surface area (Å²) in [6, 6.07) is 37.3. The molecule has 6 heteroatoms. The van der Waals surface area contributed by atoms with Crippen LogP contribution >= 0.6 is 0 Å². The molecular weight excluding hydrogens is 596 g/mol. The maximum absolute atomic E-state index is 14.6. The minimum absolute atomic E-state index is 0.188. The molecule has 4 amide bonds. The summed E-state index contributed by atoms with van der Waals surface area (Å²) in [5.74, 6) is -4.19. The van der Waals surface area contributed by atoms with E-state index in [1.807, 2.05) is 103 Å². The van der Waals surface area contributed by atoms with Crippen molar-refractivity contribution in [3.8, 4) is 0 Å². The maximum atomic E-state index is 14.6. The average Bonchev–Trinajstić information content (AvgIpc) is 3.56. The van der Waals surface area contributed by atoms with Crippen LogP contribution in [0, 0.1) is 41.4 Å². The molecule has 0 aromatic heterocycles. The summed E-state index contributed by atoms with van der Waals surface area (Å²) in [5, 5.41) is 3.99. The number of fused-ring (bicyclic) bond motifs is 3. The van der Waals surface area contributed by atoms with Gasteiger partial charge in [0.15, 0.2) is 0 Å². The zero-order valence-electron chi connectivity index (χ0n) is 25.9. The number of nitrogens with zero attached hydrogens (tertiary/aromatic N) is 2. The van der Waals surface area contributed by atoms with Crippen molar-refractivity contribution < 1.29 is 19.2 Å². The third-order valence-corrected chi connectivity index (χ3v) is 11.6. The molecule has 6 aliphatic rings. The Bertz CT molecular complexity index is 2320. The molecule has 5 aromatic carbocycles. The van der Waals surface area contributed by atoms with Gasteiger partial charge in [-0.15, -0.1) is 0 Å². The summed E-state index contributed by atoms with van der Waals surface area (Å²) in [7, 11) is 0. The van der Waals surface area contributed by atoms with Gasteiger partial charge in [0, 0.05) is 11.8 Å². The molecule has 2 aliphatic heterocycles. The van der Waals surface area contributed by atoms with Gasteiger partial charge in [0.1, 0.15) is 0 Å². The van der Waals surface area contributed by atoms with Gasteiger partial charge >= 0.3 is 0 Å². The van der Waals surface area contributed by atoms with Crippen LogP contribution < -0.4 is 9.80 Å². The SMILES string of the molecule is O=C1[C@H]2[C@@H]3C=C[C@@H](C4=C(c5ccccc5)C[C@H]5C(=O)N(c6ccc7ccccc7c6)C(=O)[C@H]5[C@H]43)[C@H]2C(=O)N1c1ccc2ccccc2c1. The molecule has 7 atom stereocenters. The Hall–Kier alpha value is -5.62. The van der Waals surface area contributed by atoms with E-state index in [0.717, 1.165) is 38.3 Å². The lowest BCUT2D eigenvalue weighted by Crippen LogP contribution is -2.51. The second-order valence-electron chi connectivity index (χ2n) is 13.8. The van der Waals surface area contributed by atoms with Crippen LogP contribution in [-0.2, 0) is 19.2 Å². The van der Waals surface area contributed by atoms with Crippen LogP contribution in [0.4, 0.5) is 11.4 Å². The van der Waals surface area contributed by atoms with Crippen molar-refractivity contribution in [2.24, 2.45) is 41.4 Å². The first-order chi connectivity index (χ1) is 23.5. The summed E-state index contributed by atoms with van der Waals surface area (Å²) in [4.78, 5) is 60.6. The predicted octanol–water partition coefficient (Wildman–Crippen LogP) is 7.19. The lowest BCUT2D eigenvalue weighted by atomic mass is 9.49. The van der Waals surface area contributed by atoms with E-state index < -0.39 is 23.7 Å². The average molecular weight is 627 g/mol. The van der Waals surface area contributed by atoms with Crippen LogP contribution in [0.25, 0.3) is 27.1 Å². The second kappa shape index (κ2) is 9.94. The molecule has 48 heavy (non-hydrogen) atoms. The first-order valence-electron chi connectivity index (χ1n) is 16.7. The van der Waals surface area contributed by atoms with Crippen LogP contribution in [0.2, 0.25) is 0 Å². The quantitative estimate of drug-likeness (QED) is 0.157. The van der Waals surface area contributed by atoms with Crippen molar-refractivity contribution in [1.82, 2.24) is 0 Å². The maximum Gasteiger partial charge on any atom is 0.238 e. The molecule has 6 nitrogen and oxygen atoms in total. The molecule has 4 aliphatic carbocycles. The van der Waals surface area contributed by atoms with Gasteiger partial charge in [-0.1, -0.05) is 109 Å². The largest absolute Gasteiger partial charge is 0.274 e. The molecule has 11 rings (SSSR count). The Balaban J connectivity index is 1.11. The molecule has 0 spiro atoms. The van der Waals surface area contributed by atoms with Gasteiger partial charge in [0.25, 0.3) is 0 Å². The Kier molecular flexibility index (Phi) is 5.69. The van der Waals surface area contributed by atoms with Crippen molar-refractivity contribution >= 4 is 62.1 Å². The summed E-state index contributed by atoms with van der Waals surface area (Å²) in [6.07, 6.45) is 4.58. The summed E-state index contributed by atoms with van der Waals surface area (Å²) in [6.45, 7) is 0. The van der Waals surface area contributed by atoms with E-state index in [9.17, 15) is 19.2 Å². The van der Waals surface area contributed by atoms with E-state index >= 15 is 0 Å². The molecule has 0 radical (unpaired) electrons. The van der Waals surface area contributed by atoms with Crippen LogP contribution in [0.3, 0.4) is 0 Å². The molecule has 232 valence electrons. The molecular formula is C42H30N2O4. The number of anilines is 2. The number of allylic oxidation sites excluding steroid dienone is 4. The Labute approximate surface area is 277 Å². The minimum Gasteiger partial charge on any atom is -0.274 e. The number of imide groups is 2. The molecule has 0 unspecified atom stereocenters. The smallest absolute Gasteiger partial charge is 0.238 e. The van der Waals surface area contributed by atoms with Crippen molar-refractivity contribution in [2.45, 2.75) is 6.42 Å². The molecule has 5 aromatic rings. The first kappa shape index (κ1) is 27.5. The second-order valence-corrected chi connectivity index (χ2v) is 13.8. The van der Waals surface area contributed by atoms with Gasteiger partial charge in [-0.2, -0.15) is 0 Å². The fraction of sp³-hybridized carbons (Fsp3) is 0.190. The highest BCUT2D eigenvalue weighted by Gasteiger charge is 2.67. The van der Waals surface area contributed by atoms with E-state index in [4.69, 9.17) is 0 Å². The van der Waals surface area contributed by atoms with Crippen LogP contribution in [0.15, 0.2) is 133 Å². The summed E-state index contributed by atoms with van der Waals surface area (Å²) in [5.41, 5.74) is 4.24.